The molecule has 0 saturated carbocycles. The molecule has 0 amide bonds. The van der Waals surface area contributed by atoms with E-state index in [1.807, 2.05) is 6.92 Å². The summed E-state index contributed by atoms with van der Waals surface area (Å²) in [5, 5.41) is 0. The Balaban J connectivity index is 2.50. The second kappa shape index (κ2) is 6.22. The van der Waals surface area contributed by atoms with Gasteiger partial charge in [0.25, 0.3) is 10.0 Å². The standard InChI is InChI=1S/C13H16N2O6S/c1-3-4-9-14-12(16)15(21-13(14)17)22(18,19)11-7-5-10(20-2)6-8-11/h5-8H,3-4,9H2,1-2H3. The van der Waals surface area contributed by atoms with Crippen LogP contribution in [0.4, 0.5) is 0 Å². The van der Waals surface area contributed by atoms with Gasteiger partial charge >= 0.3 is 11.4 Å². The molecule has 2 rings (SSSR count). The van der Waals surface area contributed by atoms with Crippen LogP contribution in [0.15, 0.2) is 43.3 Å². The Morgan fingerprint density at radius 1 is 1.18 bits per heavy atom. The number of methoxy groups -OCH3 is 1. The molecule has 1 aromatic carbocycles. The molecule has 0 N–H and O–H groups in total. The highest BCUT2D eigenvalue weighted by atomic mass is 32.2. The molecule has 0 aliphatic heterocycles. The second-order valence-corrected chi connectivity index (χ2v) is 6.31. The monoisotopic (exact) mass is 328 g/mol. The van der Waals surface area contributed by atoms with E-state index in [0.29, 0.717) is 12.2 Å². The van der Waals surface area contributed by atoms with Crippen LogP contribution in [0.25, 0.3) is 0 Å². The molecule has 0 aliphatic carbocycles. The topological polar surface area (TPSA) is 101 Å². The van der Waals surface area contributed by atoms with Crippen LogP contribution in [0.1, 0.15) is 19.8 Å². The Morgan fingerprint density at radius 2 is 1.82 bits per heavy atom. The molecule has 120 valence electrons. The lowest BCUT2D eigenvalue weighted by atomic mass is 10.3. The summed E-state index contributed by atoms with van der Waals surface area (Å²) in [5.41, 5.74) is -1.01. The van der Waals surface area contributed by atoms with Gasteiger partial charge in [-0.3, -0.25) is 0 Å². The van der Waals surface area contributed by atoms with Crippen molar-refractivity contribution in [3.63, 3.8) is 0 Å². The highest BCUT2D eigenvalue weighted by Crippen LogP contribution is 2.16. The van der Waals surface area contributed by atoms with Crippen LogP contribution in [0.2, 0.25) is 0 Å². The van der Waals surface area contributed by atoms with Gasteiger partial charge in [-0.1, -0.05) is 13.3 Å². The smallest absolute Gasteiger partial charge is 0.443 e. The molecule has 2 aromatic rings. The Hall–Kier alpha value is -2.29. The summed E-state index contributed by atoms with van der Waals surface area (Å²) in [6.45, 7) is 2.00. The average molecular weight is 328 g/mol. The Bertz CT molecular complexity index is 857. The fourth-order valence-electron chi connectivity index (χ4n) is 1.83. The van der Waals surface area contributed by atoms with Gasteiger partial charge < -0.3 is 9.26 Å². The van der Waals surface area contributed by atoms with Gasteiger partial charge in [0.15, 0.2) is 0 Å². The maximum absolute atomic E-state index is 12.4. The van der Waals surface area contributed by atoms with Crippen LogP contribution in [-0.4, -0.2) is 24.2 Å². The maximum atomic E-state index is 12.4. The molecule has 0 atom stereocenters. The van der Waals surface area contributed by atoms with Crippen molar-refractivity contribution in [1.29, 1.82) is 0 Å². The van der Waals surface area contributed by atoms with Crippen molar-refractivity contribution in [1.82, 2.24) is 8.71 Å². The van der Waals surface area contributed by atoms with Gasteiger partial charge in [0.05, 0.1) is 12.0 Å². The van der Waals surface area contributed by atoms with Crippen molar-refractivity contribution in [2.45, 2.75) is 31.2 Å². The zero-order chi connectivity index (χ0) is 16.3. The fraction of sp³-hybridized carbons (Fsp3) is 0.385. The zero-order valence-corrected chi connectivity index (χ0v) is 13.0. The van der Waals surface area contributed by atoms with Crippen LogP contribution >= 0.6 is 0 Å². The number of hydrogen-bond donors (Lipinski definition) is 0. The van der Waals surface area contributed by atoms with Crippen LogP contribution in [0, 0.1) is 0 Å². The van der Waals surface area contributed by atoms with Crippen molar-refractivity contribution in [2.75, 3.05) is 7.11 Å². The summed E-state index contributed by atoms with van der Waals surface area (Å²) in [6, 6.07) is 5.40. The first-order chi connectivity index (χ1) is 10.4. The van der Waals surface area contributed by atoms with E-state index < -0.39 is 21.5 Å². The highest BCUT2D eigenvalue weighted by molar-refractivity contribution is 7.89. The molecule has 1 heterocycles. The van der Waals surface area contributed by atoms with E-state index in [9.17, 15) is 18.0 Å². The van der Waals surface area contributed by atoms with Crippen LogP contribution in [0.3, 0.4) is 0 Å². The van der Waals surface area contributed by atoms with Crippen molar-refractivity contribution >= 4 is 10.0 Å². The van der Waals surface area contributed by atoms with E-state index in [2.05, 4.69) is 4.52 Å². The second-order valence-electron chi connectivity index (χ2n) is 4.55. The molecule has 0 radical (unpaired) electrons. The van der Waals surface area contributed by atoms with E-state index >= 15 is 0 Å². The van der Waals surface area contributed by atoms with E-state index in [0.717, 1.165) is 11.0 Å². The number of benzene rings is 1. The van der Waals surface area contributed by atoms with Crippen molar-refractivity contribution in [3.05, 3.63) is 45.3 Å². The minimum absolute atomic E-state index is 0.114. The first kappa shape index (κ1) is 16.1. The zero-order valence-electron chi connectivity index (χ0n) is 12.2. The SMILES string of the molecule is CCCCn1c(=O)on(S(=O)(=O)c2ccc(OC)cc2)c1=O. The van der Waals surface area contributed by atoms with E-state index in [1.165, 1.54) is 31.4 Å². The lowest BCUT2D eigenvalue weighted by molar-refractivity contribution is 0.329. The summed E-state index contributed by atoms with van der Waals surface area (Å²) < 4.78 is 35.2. The van der Waals surface area contributed by atoms with Crippen LogP contribution in [-0.2, 0) is 16.6 Å². The van der Waals surface area contributed by atoms with Gasteiger partial charge in [-0.25, -0.2) is 14.2 Å². The predicted molar refractivity (Wildman–Crippen MR) is 77.7 cm³/mol. The molecule has 0 spiro atoms. The summed E-state index contributed by atoms with van der Waals surface area (Å²) in [4.78, 5) is 23.5. The third-order valence-corrected chi connectivity index (χ3v) is 4.61. The Labute approximate surface area is 126 Å². The largest absolute Gasteiger partial charge is 0.497 e. The van der Waals surface area contributed by atoms with E-state index in [1.54, 1.807) is 0 Å². The molecule has 0 bridgehead atoms. The van der Waals surface area contributed by atoms with E-state index in [4.69, 9.17) is 4.74 Å². The average Bonchev–Trinajstić information content (AvgIpc) is 2.80. The number of ether oxygens (including phenoxy) is 1. The Kier molecular flexibility index (Phi) is 4.55. The molecule has 0 unspecified atom stereocenters. The normalized spacial score (nSPS) is 11.5. The number of hydrogen-bond acceptors (Lipinski definition) is 6. The summed E-state index contributed by atoms with van der Waals surface area (Å²) in [5.74, 6) is -0.524. The lowest BCUT2D eigenvalue weighted by Gasteiger charge is -2.03. The third-order valence-electron chi connectivity index (χ3n) is 3.08. The minimum atomic E-state index is -4.26. The molecule has 9 heteroatoms. The highest BCUT2D eigenvalue weighted by Gasteiger charge is 2.25. The number of aromatic nitrogens is 2. The Morgan fingerprint density at radius 3 is 2.36 bits per heavy atom. The molecule has 0 aliphatic rings. The molecule has 0 saturated heterocycles. The molecule has 22 heavy (non-hydrogen) atoms. The van der Waals surface area contributed by atoms with Gasteiger partial charge in [-0.15, -0.1) is 0 Å². The third kappa shape index (κ3) is 2.84. The number of rotatable bonds is 6. The maximum Gasteiger partial charge on any atom is 0.443 e. The van der Waals surface area contributed by atoms with E-state index in [-0.39, 0.29) is 15.6 Å². The minimum Gasteiger partial charge on any atom is -0.497 e. The molecular formula is C13H16N2O6S. The first-order valence-electron chi connectivity index (χ1n) is 6.64. The predicted octanol–water partition coefficient (Wildman–Crippen LogP) is 0.649. The van der Waals surface area contributed by atoms with Crippen molar-refractivity contribution < 1.29 is 17.7 Å². The summed E-state index contributed by atoms with van der Waals surface area (Å²) in [7, 11) is -2.81. The summed E-state index contributed by atoms with van der Waals surface area (Å²) >= 11 is 0. The van der Waals surface area contributed by atoms with Gasteiger partial charge in [0, 0.05) is 6.54 Å². The van der Waals surface area contributed by atoms with Gasteiger partial charge in [-0.05, 0) is 34.8 Å². The fourth-order valence-corrected chi connectivity index (χ4v) is 2.97. The molecule has 0 fully saturated rings. The van der Waals surface area contributed by atoms with Crippen LogP contribution < -0.4 is 16.2 Å². The lowest BCUT2D eigenvalue weighted by Crippen LogP contribution is -2.31. The van der Waals surface area contributed by atoms with Crippen LogP contribution in [0.5, 0.6) is 5.75 Å². The first-order valence-corrected chi connectivity index (χ1v) is 8.08. The molecule has 1 aromatic heterocycles. The molecular weight excluding hydrogens is 312 g/mol. The van der Waals surface area contributed by atoms with Gasteiger partial charge in [0.1, 0.15) is 5.75 Å². The van der Waals surface area contributed by atoms with Crippen molar-refractivity contribution in [2.24, 2.45) is 0 Å². The molecule has 8 nitrogen and oxygen atoms in total. The summed E-state index contributed by atoms with van der Waals surface area (Å²) in [6.07, 6.45) is 1.32. The van der Waals surface area contributed by atoms with Gasteiger partial charge in [-0.2, -0.15) is 8.42 Å². The van der Waals surface area contributed by atoms with Crippen molar-refractivity contribution in [3.8, 4) is 5.75 Å². The number of unbranched alkanes of at least 4 members (excludes halogenated alkanes) is 1. The number of nitrogens with zero attached hydrogens (tertiary/aromatic N) is 2. The quantitative estimate of drug-likeness (QED) is 0.772. The van der Waals surface area contributed by atoms with Gasteiger partial charge in [0.2, 0.25) is 0 Å².